The summed E-state index contributed by atoms with van der Waals surface area (Å²) < 4.78 is 112. The smallest absolute Gasteiger partial charge is 0.352 e. The zero-order valence-electron chi connectivity index (χ0n) is 10.1. The molecule has 11 heteroatoms. The van der Waals surface area contributed by atoms with Crippen LogP contribution in [0, 0.1) is 5.41 Å². The zero-order valence-corrected chi connectivity index (χ0v) is 10.1. The summed E-state index contributed by atoms with van der Waals surface area (Å²) in [4.78, 5) is 11.1. The molecule has 20 heavy (non-hydrogen) atoms. The topological polar surface area (TPSA) is 29.1 Å². The molecular formula is C9H10F9NO. The van der Waals surface area contributed by atoms with Gasteiger partial charge in [-0.3, -0.25) is 4.79 Å². The van der Waals surface area contributed by atoms with Crippen LogP contribution in [-0.2, 0) is 4.79 Å². The van der Waals surface area contributed by atoms with Crippen molar-refractivity contribution in [3.05, 3.63) is 0 Å². The van der Waals surface area contributed by atoms with Crippen molar-refractivity contribution < 1.29 is 44.3 Å². The minimum absolute atomic E-state index is 0.143. The molecule has 2 nitrogen and oxygen atoms in total. The van der Waals surface area contributed by atoms with Crippen LogP contribution < -0.4 is 5.32 Å². The van der Waals surface area contributed by atoms with Crippen LogP contribution in [0.5, 0.6) is 0 Å². The van der Waals surface area contributed by atoms with Crippen LogP contribution >= 0.6 is 0 Å². The summed E-state index contributed by atoms with van der Waals surface area (Å²) in [6.45, 7) is 2.24. The molecule has 0 heterocycles. The van der Waals surface area contributed by atoms with E-state index in [4.69, 9.17) is 0 Å². The Kier molecular flexibility index (Phi) is 5.01. The molecule has 0 aliphatic heterocycles. The summed E-state index contributed by atoms with van der Waals surface area (Å²) >= 11 is 0. The fourth-order valence-electron chi connectivity index (χ4n) is 1.30. The second-order valence-electron chi connectivity index (χ2n) is 4.03. The Morgan fingerprint density at radius 3 is 1.40 bits per heavy atom. The zero-order chi connectivity index (χ0) is 16.6. The van der Waals surface area contributed by atoms with E-state index < -0.39 is 35.9 Å². The molecule has 0 bridgehead atoms. The van der Waals surface area contributed by atoms with Crippen LogP contribution in [0.3, 0.4) is 0 Å². The summed E-state index contributed by atoms with van der Waals surface area (Å²) in [7, 11) is 0. The van der Waals surface area contributed by atoms with Crippen molar-refractivity contribution in [2.45, 2.75) is 44.8 Å². The highest BCUT2D eigenvalue weighted by Gasteiger charge is 2.88. The number of alkyl halides is 9. The third-order valence-corrected chi connectivity index (χ3v) is 2.61. The molecule has 0 aromatic heterocycles. The normalized spacial score (nSPS) is 15.9. The van der Waals surface area contributed by atoms with Gasteiger partial charge in [-0.15, -0.1) is 0 Å². The van der Waals surface area contributed by atoms with Gasteiger partial charge < -0.3 is 5.32 Å². The largest absolute Gasteiger partial charge is 0.421 e. The van der Waals surface area contributed by atoms with Crippen LogP contribution in [0.4, 0.5) is 39.5 Å². The number of hydrogen-bond acceptors (Lipinski definition) is 1. The van der Waals surface area contributed by atoms with Crippen LogP contribution in [0.25, 0.3) is 0 Å². The van der Waals surface area contributed by atoms with Crippen LogP contribution in [0.2, 0.25) is 0 Å². The Bertz CT molecular complexity index is 318. The Labute approximate surface area is 107 Å². The lowest BCUT2D eigenvalue weighted by molar-refractivity contribution is -0.406. The number of carbonyl (C=O) groups is 1. The minimum atomic E-state index is -6.87. The summed E-state index contributed by atoms with van der Waals surface area (Å²) in [6, 6.07) is -1.28. The van der Waals surface area contributed by atoms with Gasteiger partial charge in [-0.25, -0.2) is 0 Å². The Morgan fingerprint density at radius 2 is 1.20 bits per heavy atom. The molecule has 0 rings (SSSR count). The second kappa shape index (κ2) is 5.32. The molecule has 1 atom stereocenters. The van der Waals surface area contributed by atoms with Gasteiger partial charge in [0.05, 0.1) is 0 Å². The first-order valence-corrected chi connectivity index (χ1v) is 5.14. The number of hydrogen-bond donors (Lipinski definition) is 1. The van der Waals surface area contributed by atoms with E-state index in [1.54, 1.807) is 0 Å². The third kappa shape index (κ3) is 2.95. The molecule has 0 aliphatic rings. The Hall–Kier alpha value is -1.16. The van der Waals surface area contributed by atoms with Crippen molar-refractivity contribution in [3.63, 3.8) is 0 Å². The first kappa shape index (κ1) is 18.8. The number of halogens is 9. The quantitative estimate of drug-likeness (QED) is 0.792. The summed E-state index contributed by atoms with van der Waals surface area (Å²) in [5, 5.41) is 1.09. The van der Waals surface area contributed by atoms with E-state index >= 15 is 0 Å². The van der Waals surface area contributed by atoms with Crippen molar-refractivity contribution >= 4 is 5.91 Å². The number of amides is 1. The SMILES string of the molecule is CC[C@H](C)NC(=O)C(C(F)(F)F)(C(F)(F)F)C(F)(F)F. The van der Waals surface area contributed by atoms with E-state index in [1.165, 1.54) is 6.92 Å². The fourth-order valence-corrected chi connectivity index (χ4v) is 1.30. The van der Waals surface area contributed by atoms with Gasteiger partial charge in [-0.05, 0) is 13.3 Å². The summed E-state index contributed by atoms with van der Waals surface area (Å²) in [5.74, 6) is -3.18. The van der Waals surface area contributed by atoms with Gasteiger partial charge in [-0.1, -0.05) is 6.92 Å². The van der Waals surface area contributed by atoms with Gasteiger partial charge in [0.25, 0.3) is 5.91 Å². The molecule has 0 radical (unpaired) electrons. The first-order chi connectivity index (χ1) is 8.63. The maximum Gasteiger partial charge on any atom is 0.421 e. The summed E-state index contributed by atoms with van der Waals surface area (Å²) in [6.07, 6.45) is -20.8. The number of carbonyl (C=O) groups excluding carboxylic acids is 1. The van der Waals surface area contributed by atoms with Gasteiger partial charge in [-0.2, -0.15) is 39.5 Å². The minimum Gasteiger partial charge on any atom is -0.352 e. The van der Waals surface area contributed by atoms with Crippen LogP contribution in [-0.4, -0.2) is 30.5 Å². The lowest BCUT2D eigenvalue weighted by atomic mass is 9.83. The maximum atomic E-state index is 12.5. The molecule has 0 saturated carbocycles. The second-order valence-corrected chi connectivity index (χ2v) is 4.03. The van der Waals surface area contributed by atoms with Gasteiger partial charge >= 0.3 is 23.9 Å². The van der Waals surface area contributed by atoms with Gasteiger partial charge in [0.15, 0.2) is 0 Å². The average molecular weight is 319 g/mol. The van der Waals surface area contributed by atoms with E-state index in [2.05, 4.69) is 0 Å². The molecule has 0 fully saturated rings. The molecule has 120 valence electrons. The average Bonchev–Trinajstić information content (AvgIpc) is 2.10. The molecular weight excluding hydrogens is 309 g/mol. The fraction of sp³-hybridized carbons (Fsp3) is 0.889. The van der Waals surface area contributed by atoms with Crippen molar-refractivity contribution in [1.82, 2.24) is 5.32 Å². The molecule has 0 aliphatic carbocycles. The van der Waals surface area contributed by atoms with Crippen molar-refractivity contribution in [2.24, 2.45) is 5.41 Å². The van der Waals surface area contributed by atoms with Crippen molar-refractivity contribution in [2.75, 3.05) is 0 Å². The lowest BCUT2D eigenvalue weighted by Crippen LogP contribution is -2.67. The molecule has 0 spiro atoms. The lowest BCUT2D eigenvalue weighted by Gasteiger charge is -2.37. The third-order valence-electron chi connectivity index (χ3n) is 2.61. The van der Waals surface area contributed by atoms with E-state index in [-0.39, 0.29) is 6.42 Å². The predicted octanol–water partition coefficient (Wildman–Crippen LogP) is 3.57. The number of rotatable bonds is 3. The van der Waals surface area contributed by atoms with Gasteiger partial charge in [0, 0.05) is 6.04 Å². The van der Waals surface area contributed by atoms with E-state index in [1.807, 2.05) is 0 Å². The van der Waals surface area contributed by atoms with Crippen LogP contribution in [0.1, 0.15) is 20.3 Å². The van der Waals surface area contributed by atoms with E-state index in [0.717, 1.165) is 12.2 Å². The van der Waals surface area contributed by atoms with Crippen LogP contribution in [0.15, 0.2) is 0 Å². The highest BCUT2D eigenvalue weighted by molar-refractivity contribution is 5.85. The van der Waals surface area contributed by atoms with Gasteiger partial charge in [0.2, 0.25) is 0 Å². The van der Waals surface area contributed by atoms with Crippen molar-refractivity contribution in [3.8, 4) is 0 Å². The molecule has 1 N–H and O–H groups in total. The maximum absolute atomic E-state index is 12.5. The molecule has 0 saturated heterocycles. The number of nitrogens with one attached hydrogen (secondary N) is 1. The Balaban J connectivity index is 6.13. The molecule has 0 aromatic rings. The van der Waals surface area contributed by atoms with Gasteiger partial charge in [0.1, 0.15) is 0 Å². The molecule has 1 amide bonds. The summed E-state index contributed by atoms with van der Waals surface area (Å²) in [5.41, 5.74) is -6.45. The predicted molar refractivity (Wildman–Crippen MR) is 48.5 cm³/mol. The first-order valence-electron chi connectivity index (χ1n) is 5.14. The van der Waals surface area contributed by atoms with E-state index in [9.17, 15) is 44.3 Å². The monoisotopic (exact) mass is 319 g/mol. The standard InChI is InChI=1S/C9H10F9NO/c1-3-4(2)19-5(20)6(7(10,11)12,8(13,14)15)9(16,17)18/h4H,3H2,1-2H3,(H,19,20)/t4-/m0/s1. The highest BCUT2D eigenvalue weighted by atomic mass is 19.4. The highest BCUT2D eigenvalue weighted by Crippen LogP contribution is 2.59. The Morgan fingerprint density at radius 1 is 0.900 bits per heavy atom. The van der Waals surface area contributed by atoms with Crippen molar-refractivity contribution in [1.29, 1.82) is 0 Å². The molecule has 0 unspecified atom stereocenters. The van der Waals surface area contributed by atoms with E-state index in [0.29, 0.717) is 0 Å². The molecule has 0 aromatic carbocycles.